The van der Waals surface area contributed by atoms with E-state index in [1.54, 1.807) is 12.1 Å². The summed E-state index contributed by atoms with van der Waals surface area (Å²) >= 11 is 1.13. The Morgan fingerprint density at radius 1 is 1.22 bits per heavy atom. The Balaban J connectivity index is 2.07. The highest BCUT2D eigenvalue weighted by atomic mass is 32.2. The maximum atomic E-state index is 13.4. The number of nitrogens with one attached hydrogen (secondary N) is 1. The van der Waals surface area contributed by atoms with Gasteiger partial charge in [-0.1, -0.05) is 37.3 Å². The highest BCUT2D eigenvalue weighted by Crippen LogP contribution is 2.33. The summed E-state index contributed by atoms with van der Waals surface area (Å²) < 4.78 is 27.3. The van der Waals surface area contributed by atoms with Gasteiger partial charge in [0.25, 0.3) is 5.16 Å². The molecule has 3 aromatic rings. The predicted octanol–water partition coefficient (Wildman–Crippen LogP) is 2.12. The first-order valence-electron chi connectivity index (χ1n) is 9.98. The van der Waals surface area contributed by atoms with Crippen molar-refractivity contribution in [3.05, 3.63) is 35.4 Å². The van der Waals surface area contributed by atoms with Crippen molar-refractivity contribution in [3.63, 3.8) is 0 Å². The summed E-state index contributed by atoms with van der Waals surface area (Å²) in [5.74, 6) is -0.108. The summed E-state index contributed by atoms with van der Waals surface area (Å²) in [5, 5.41) is 11.6. The largest absolute Gasteiger partial charge is 0.394 e. The molecule has 0 radical (unpaired) electrons. The molecule has 0 spiro atoms. The van der Waals surface area contributed by atoms with Gasteiger partial charge in [-0.25, -0.2) is 13.4 Å². The van der Waals surface area contributed by atoms with Gasteiger partial charge in [-0.05, 0) is 37.0 Å². The first kappa shape index (κ1) is 23.8. The third-order valence-electron chi connectivity index (χ3n) is 4.93. The molecule has 2 atom stereocenters. The van der Waals surface area contributed by atoms with E-state index in [0.29, 0.717) is 22.6 Å². The summed E-state index contributed by atoms with van der Waals surface area (Å²) in [6, 6.07) is 5.77. The number of aliphatic hydroxyl groups is 1. The molecule has 0 fully saturated rings. The topological polar surface area (TPSA) is 174 Å². The van der Waals surface area contributed by atoms with Crippen LogP contribution in [0.15, 0.2) is 29.4 Å². The van der Waals surface area contributed by atoms with Crippen LogP contribution in [0.25, 0.3) is 10.3 Å². The Hall–Kier alpha value is -2.83. The molecule has 3 rings (SSSR count). The van der Waals surface area contributed by atoms with Crippen LogP contribution in [-0.4, -0.2) is 47.0 Å². The molecular formula is C20H26N6O4S2. The van der Waals surface area contributed by atoms with Gasteiger partial charge in [0.2, 0.25) is 15.7 Å². The van der Waals surface area contributed by atoms with Crippen LogP contribution in [0.2, 0.25) is 0 Å². The van der Waals surface area contributed by atoms with Crippen molar-refractivity contribution in [2.75, 3.05) is 17.7 Å². The van der Waals surface area contributed by atoms with Crippen LogP contribution < -0.4 is 16.8 Å². The second kappa shape index (κ2) is 9.35. The zero-order valence-corrected chi connectivity index (χ0v) is 19.6. The lowest BCUT2D eigenvalue weighted by atomic mass is 10.0. The zero-order chi connectivity index (χ0) is 23.6. The van der Waals surface area contributed by atoms with Gasteiger partial charge in [0.15, 0.2) is 16.6 Å². The Labute approximate surface area is 190 Å². The first-order valence-corrected chi connectivity index (χ1v) is 12.3. The smallest absolute Gasteiger partial charge is 0.251 e. The van der Waals surface area contributed by atoms with Crippen LogP contribution in [0.4, 0.5) is 10.9 Å². The van der Waals surface area contributed by atoms with E-state index in [9.17, 15) is 18.3 Å². The van der Waals surface area contributed by atoms with E-state index in [4.69, 9.17) is 11.5 Å². The summed E-state index contributed by atoms with van der Waals surface area (Å²) in [6.07, 6.45) is 0.647. The van der Waals surface area contributed by atoms with E-state index in [2.05, 4.69) is 20.3 Å². The van der Waals surface area contributed by atoms with Crippen molar-refractivity contribution in [2.45, 2.75) is 43.6 Å². The number of rotatable bonds is 9. The van der Waals surface area contributed by atoms with Gasteiger partial charge in [0.1, 0.15) is 4.70 Å². The number of aromatic nitrogens is 3. The molecule has 0 saturated heterocycles. The van der Waals surface area contributed by atoms with Gasteiger partial charge < -0.3 is 21.9 Å². The minimum Gasteiger partial charge on any atom is -0.394 e. The third-order valence-corrected chi connectivity index (χ3v) is 7.70. The molecule has 1 unspecified atom stereocenters. The van der Waals surface area contributed by atoms with Crippen LogP contribution in [0.3, 0.4) is 0 Å². The second-order valence-electron chi connectivity index (χ2n) is 7.89. The molecule has 2 aromatic heterocycles. The summed E-state index contributed by atoms with van der Waals surface area (Å²) in [5.41, 5.74) is 11.9. The number of hydrogen-bond acceptors (Lipinski definition) is 10. The van der Waals surface area contributed by atoms with E-state index < -0.39 is 26.2 Å². The minimum absolute atomic E-state index is 0.155. The van der Waals surface area contributed by atoms with E-state index in [1.165, 1.54) is 19.1 Å². The lowest BCUT2D eigenvalue weighted by Crippen LogP contribution is -2.26. The molecule has 12 heteroatoms. The fourth-order valence-electron chi connectivity index (χ4n) is 3.27. The molecule has 1 amide bonds. The van der Waals surface area contributed by atoms with Crippen molar-refractivity contribution in [2.24, 2.45) is 11.7 Å². The maximum Gasteiger partial charge on any atom is 0.251 e. The van der Waals surface area contributed by atoms with Crippen molar-refractivity contribution in [3.8, 4) is 0 Å². The molecule has 0 aliphatic heterocycles. The summed E-state index contributed by atoms with van der Waals surface area (Å²) in [7, 11) is -4.06. The number of thiazole rings is 1. The standard InChI is InChI=1S/C20H26N6O4S2/c1-10(2)7-14(9-27)23-17-15-18(24-19(22)31-15)26-20(25-17)32(29,30)11(3)12-5-4-6-13(8-12)16(21)28/h4-6,8,10-11,14,27H,7,9H2,1-3H3,(H2,21,28)(H3,22,23,24,25,26)/t11?,14-/m1/s1. The normalized spacial score (nSPS) is 13.9. The van der Waals surface area contributed by atoms with E-state index in [0.717, 1.165) is 11.3 Å². The van der Waals surface area contributed by atoms with Crippen LogP contribution in [-0.2, 0) is 9.84 Å². The quantitative estimate of drug-likeness (QED) is 0.336. The van der Waals surface area contributed by atoms with Crippen LogP contribution >= 0.6 is 11.3 Å². The molecule has 0 aliphatic rings. The Morgan fingerprint density at radius 2 is 1.94 bits per heavy atom. The van der Waals surface area contributed by atoms with Gasteiger partial charge in [-0.15, -0.1) is 0 Å². The number of carbonyl (C=O) groups is 1. The number of anilines is 2. The monoisotopic (exact) mass is 478 g/mol. The number of primary amides is 1. The predicted molar refractivity (Wildman–Crippen MR) is 124 cm³/mol. The first-order chi connectivity index (χ1) is 15.0. The van der Waals surface area contributed by atoms with E-state index in [-0.39, 0.29) is 34.8 Å². The van der Waals surface area contributed by atoms with Crippen LogP contribution in [0, 0.1) is 5.92 Å². The Kier molecular flexibility index (Phi) is 6.96. The van der Waals surface area contributed by atoms with Gasteiger partial charge in [-0.3, -0.25) is 4.79 Å². The number of fused-ring (bicyclic) bond motifs is 1. The van der Waals surface area contributed by atoms with Crippen LogP contribution in [0.1, 0.15) is 48.4 Å². The number of nitrogens with zero attached hydrogens (tertiary/aromatic N) is 3. The number of sulfone groups is 1. The van der Waals surface area contributed by atoms with E-state index in [1.807, 2.05) is 13.8 Å². The minimum atomic E-state index is -4.06. The fraction of sp³-hybridized carbons (Fsp3) is 0.400. The number of carbonyl (C=O) groups excluding carboxylic acids is 1. The SMILES string of the molecule is CC(C)C[C@H](CO)Nc1nc(S(=O)(=O)C(C)c2cccc(C(N)=O)c2)nc2nc(N)sc12. The molecule has 1 aromatic carbocycles. The number of amides is 1. The molecule has 2 heterocycles. The van der Waals surface area contributed by atoms with E-state index >= 15 is 0 Å². The third kappa shape index (κ3) is 4.97. The van der Waals surface area contributed by atoms with Crippen molar-refractivity contribution in [1.82, 2.24) is 15.0 Å². The number of hydrogen-bond donors (Lipinski definition) is 4. The van der Waals surface area contributed by atoms with Gasteiger partial charge in [0.05, 0.1) is 17.9 Å². The summed E-state index contributed by atoms with van der Waals surface area (Å²) in [6.45, 7) is 5.36. The zero-order valence-electron chi connectivity index (χ0n) is 17.9. The Morgan fingerprint density at radius 3 is 2.56 bits per heavy atom. The van der Waals surface area contributed by atoms with Gasteiger partial charge in [0, 0.05) is 5.56 Å². The highest BCUT2D eigenvalue weighted by Gasteiger charge is 2.30. The molecule has 172 valence electrons. The molecule has 6 N–H and O–H groups in total. The number of nitrogen functional groups attached to an aromatic ring is 1. The highest BCUT2D eigenvalue weighted by molar-refractivity contribution is 7.91. The average Bonchev–Trinajstić information content (AvgIpc) is 3.12. The molecular weight excluding hydrogens is 452 g/mol. The lowest BCUT2D eigenvalue weighted by molar-refractivity contribution is 0.1000. The van der Waals surface area contributed by atoms with Crippen molar-refractivity contribution < 1.29 is 18.3 Å². The lowest BCUT2D eigenvalue weighted by Gasteiger charge is -2.20. The average molecular weight is 479 g/mol. The molecule has 0 saturated carbocycles. The number of aliphatic hydroxyl groups excluding tert-OH is 1. The fourth-order valence-corrected chi connectivity index (χ4v) is 5.25. The molecule has 10 nitrogen and oxygen atoms in total. The maximum absolute atomic E-state index is 13.4. The van der Waals surface area contributed by atoms with Gasteiger partial charge in [-0.2, -0.15) is 9.97 Å². The van der Waals surface area contributed by atoms with Crippen LogP contribution in [0.5, 0.6) is 0 Å². The second-order valence-corrected chi connectivity index (χ2v) is 11.1. The number of nitrogens with two attached hydrogens (primary N) is 2. The molecule has 0 aliphatic carbocycles. The number of benzene rings is 1. The molecule has 0 bridgehead atoms. The van der Waals surface area contributed by atoms with Crippen molar-refractivity contribution in [1.29, 1.82) is 0 Å². The Bertz CT molecular complexity index is 1240. The van der Waals surface area contributed by atoms with Crippen molar-refractivity contribution >= 4 is 48.4 Å². The summed E-state index contributed by atoms with van der Waals surface area (Å²) in [4.78, 5) is 24.1. The molecule has 32 heavy (non-hydrogen) atoms. The van der Waals surface area contributed by atoms with Gasteiger partial charge >= 0.3 is 0 Å².